The van der Waals surface area contributed by atoms with Crippen molar-refractivity contribution in [3.8, 4) is 0 Å². The Morgan fingerprint density at radius 3 is 2.67 bits per heavy atom. The molecule has 0 aliphatic heterocycles. The molecule has 2 rings (SSSR count). The minimum atomic E-state index is -0.482. The van der Waals surface area contributed by atoms with E-state index >= 15 is 0 Å². The molecule has 0 heterocycles. The van der Waals surface area contributed by atoms with Crippen LogP contribution < -0.4 is 16.8 Å². The fourth-order valence-corrected chi connectivity index (χ4v) is 2.70. The second-order valence-corrected chi connectivity index (χ2v) is 5.14. The Morgan fingerprint density at radius 2 is 2.06 bits per heavy atom. The van der Waals surface area contributed by atoms with Crippen LogP contribution in [0.4, 0.5) is 11.4 Å². The Morgan fingerprint density at radius 1 is 1.39 bits per heavy atom. The largest absolute Gasteiger partial charge is 0.398 e. The lowest BCUT2D eigenvalue weighted by molar-refractivity contribution is 0.100. The number of nitrogen functional groups attached to an aromatic ring is 1. The van der Waals surface area contributed by atoms with Crippen molar-refractivity contribution in [2.24, 2.45) is 11.7 Å². The van der Waals surface area contributed by atoms with Gasteiger partial charge in [-0.15, -0.1) is 0 Å². The van der Waals surface area contributed by atoms with E-state index in [1.807, 2.05) is 6.07 Å². The van der Waals surface area contributed by atoms with Gasteiger partial charge in [-0.3, -0.25) is 4.79 Å². The summed E-state index contributed by atoms with van der Waals surface area (Å²) in [4.78, 5) is 11.2. The Hall–Kier alpha value is -1.71. The maximum atomic E-state index is 11.2. The molecule has 1 aliphatic rings. The van der Waals surface area contributed by atoms with Crippen LogP contribution in [0.25, 0.3) is 0 Å². The molecule has 0 saturated heterocycles. The Labute approximate surface area is 108 Å². The number of rotatable bonds is 4. The van der Waals surface area contributed by atoms with Crippen LogP contribution in [0.15, 0.2) is 18.2 Å². The molecule has 0 spiro atoms. The monoisotopic (exact) mass is 247 g/mol. The fraction of sp³-hybridized carbons (Fsp3) is 0.500. The number of hydrogen-bond donors (Lipinski definition) is 3. The molecule has 4 nitrogen and oxygen atoms in total. The van der Waals surface area contributed by atoms with Gasteiger partial charge in [0.1, 0.15) is 0 Å². The van der Waals surface area contributed by atoms with Crippen molar-refractivity contribution in [3.63, 3.8) is 0 Å². The lowest BCUT2D eigenvalue weighted by Crippen LogP contribution is -2.24. The Kier molecular flexibility index (Phi) is 3.75. The topological polar surface area (TPSA) is 81.1 Å². The van der Waals surface area contributed by atoms with Crippen molar-refractivity contribution < 1.29 is 4.79 Å². The van der Waals surface area contributed by atoms with Crippen molar-refractivity contribution in [1.29, 1.82) is 0 Å². The molecule has 1 aliphatic carbocycles. The Balaban J connectivity index is 2.09. The van der Waals surface area contributed by atoms with Crippen LogP contribution in [0.3, 0.4) is 0 Å². The first kappa shape index (κ1) is 12.7. The minimum Gasteiger partial charge on any atom is -0.398 e. The van der Waals surface area contributed by atoms with Gasteiger partial charge in [0, 0.05) is 17.4 Å². The van der Waals surface area contributed by atoms with Crippen LogP contribution in [0.5, 0.6) is 0 Å². The van der Waals surface area contributed by atoms with E-state index in [1.54, 1.807) is 12.1 Å². The third-order valence-electron chi connectivity index (χ3n) is 3.82. The standard InChI is InChI=1S/C14H21N3O/c1-9(10-4-2-3-5-10)17-11-6-7-13(15)12(8-11)14(16)18/h6-10,17H,2-5,15H2,1H3,(H2,16,18). The molecule has 1 aromatic carbocycles. The number of amides is 1. The second-order valence-electron chi connectivity index (χ2n) is 5.14. The third-order valence-corrected chi connectivity index (χ3v) is 3.82. The normalized spacial score (nSPS) is 17.6. The van der Waals surface area contributed by atoms with Gasteiger partial charge in [-0.2, -0.15) is 0 Å². The van der Waals surface area contributed by atoms with Crippen LogP contribution >= 0.6 is 0 Å². The molecule has 4 heteroatoms. The van der Waals surface area contributed by atoms with Crippen molar-refractivity contribution in [2.75, 3.05) is 11.1 Å². The van der Waals surface area contributed by atoms with Gasteiger partial charge >= 0.3 is 0 Å². The SMILES string of the molecule is CC(Nc1ccc(N)c(C(N)=O)c1)C1CCCC1. The molecule has 1 aromatic rings. The van der Waals surface area contributed by atoms with Crippen LogP contribution in [0.1, 0.15) is 43.0 Å². The number of anilines is 2. The van der Waals surface area contributed by atoms with Gasteiger partial charge in [-0.1, -0.05) is 12.8 Å². The molecule has 98 valence electrons. The lowest BCUT2D eigenvalue weighted by atomic mass is 9.99. The second kappa shape index (κ2) is 5.29. The van der Waals surface area contributed by atoms with Gasteiger partial charge in [0.05, 0.1) is 5.56 Å². The smallest absolute Gasteiger partial charge is 0.250 e. The first-order valence-electron chi connectivity index (χ1n) is 6.54. The van der Waals surface area contributed by atoms with E-state index in [4.69, 9.17) is 11.5 Å². The summed E-state index contributed by atoms with van der Waals surface area (Å²) in [6.45, 7) is 2.19. The summed E-state index contributed by atoms with van der Waals surface area (Å²) in [6.07, 6.45) is 5.22. The zero-order valence-electron chi connectivity index (χ0n) is 10.8. The van der Waals surface area contributed by atoms with E-state index in [9.17, 15) is 4.79 Å². The average Bonchev–Trinajstić information content (AvgIpc) is 2.85. The predicted octanol–water partition coefficient (Wildman–Crippen LogP) is 2.36. The molecule has 1 saturated carbocycles. The number of nitrogens with two attached hydrogens (primary N) is 2. The summed E-state index contributed by atoms with van der Waals surface area (Å²) >= 11 is 0. The number of hydrogen-bond acceptors (Lipinski definition) is 3. The summed E-state index contributed by atoms with van der Waals surface area (Å²) in [5.74, 6) is 0.240. The van der Waals surface area contributed by atoms with Gasteiger partial charge in [-0.25, -0.2) is 0 Å². The van der Waals surface area contributed by atoms with E-state index in [0.717, 1.165) is 11.6 Å². The van der Waals surface area contributed by atoms with E-state index in [-0.39, 0.29) is 0 Å². The van der Waals surface area contributed by atoms with E-state index in [0.29, 0.717) is 17.3 Å². The van der Waals surface area contributed by atoms with Crippen molar-refractivity contribution >= 4 is 17.3 Å². The zero-order chi connectivity index (χ0) is 13.1. The van der Waals surface area contributed by atoms with Gasteiger partial charge < -0.3 is 16.8 Å². The van der Waals surface area contributed by atoms with Gasteiger partial charge in [0.25, 0.3) is 5.91 Å². The highest BCUT2D eigenvalue weighted by molar-refractivity contribution is 5.98. The molecule has 0 radical (unpaired) electrons. The van der Waals surface area contributed by atoms with Crippen LogP contribution in [0, 0.1) is 5.92 Å². The molecule has 1 amide bonds. The summed E-state index contributed by atoms with van der Waals surface area (Å²) < 4.78 is 0. The maximum absolute atomic E-state index is 11.2. The Bertz CT molecular complexity index is 439. The number of carbonyl (C=O) groups excluding carboxylic acids is 1. The molecular formula is C14H21N3O. The van der Waals surface area contributed by atoms with Crippen molar-refractivity contribution in [1.82, 2.24) is 0 Å². The van der Waals surface area contributed by atoms with Crippen LogP contribution in [-0.4, -0.2) is 11.9 Å². The van der Waals surface area contributed by atoms with Crippen LogP contribution in [-0.2, 0) is 0 Å². The fourth-order valence-electron chi connectivity index (χ4n) is 2.70. The molecule has 1 unspecified atom stereocenters. The first-order valence-corrected chi connectivity index (χ1v) is 6.54. The van der Waals surface area contributed by atoms with Gasteiger partial charge in [-0.05, 0) is 43.9 Å². The average molecular weight is 247 g/mol. The molecule has 0 aromatic heterocycles. The molecule has 1 fully saturated rings. The number of nitrogens with one attached hydrogen (secondary N) is 1. The van der Waals surface area contributed by atoms with E-state index in [1.165, 1.54) is 25.7 Å². The number of benzene rings is 1. The highest BCUT2D eigenvalue weighted by Gasteiger charge is 2.21. The van der Waals surface area contributed by atoms with Crippen LogP contribution in [0.2, 0.25) is 0 Å². The maximum Gasteiger partial charge on any atom is 0.250 e. The summed E-state index contributed by atoms with van der Waals surface area (Å²) in [5.41, 5.74) is 12.7. The highest BCUT2D eigenvalue weighted by Crippen LogP contribution is 2.29. The molecule has 1 atom stereocenters. The summed E-state index contributed by atoms with van der Waals surface area (Å²) in [7, 11) is 0. The quantitative estimate of drug-likeness (QED) is 0.714. The highest BCUT2D eigenvalue weighted by atomic mass is 16.1. The number of primary amides is 1. The van der Waals surface area contributed by atoms with E-state index in [2.05, 4.69) is 12.2 Å². The molecular weight excluding hydrogens is 226 g/mol. The van der Waals surface area contributed by atoms with Gasteiger partial charge in [0.2, 0.25) is 0 Å². The van der Waals surface area contributed by atoms with Crippen molar-refractivity contribution in [3.05, 3.63) is 23.8 Å². The first-order chi connectivity index (χ1) is 8.58. The minimum absolute atomic E-state index is 0.388. The molecule has 5 N–H and O–H groups in total. The number of carbonyl (C=O) groups is 1. The van der Waals surface area contributed by atoms with Gasteiger partial charge in [0.15, 0.2) is 0 Å². The summed E-state index contributed by atoms with van der Waals surface area (Å²) in [5, 5.41) is 3.44. The lowest BCUT2D eigenvalue weighted by Gasteiger charge is -2.22. The van der Waals surface area contributed by atoms with E-state index < -0.39 is 5.91 Å². The summed E-state index contributed by atoms with van der Waals surface area (Å²) in [6, 6.07) is 5.77. The zero-order valence-corrected chi connectivity index (χ0v) is 10.8. The third kappa shape index (κ3) is 2.75. The van der Waals surface area contributed by atoms with Crippen molar-refractivity contribution in [2.45, 2.75) is 38.6 Å². The molecule has 18 heavy (non-hydrogen) atoms. The molecule has 0 bridgehead atoms. The predicted molar refractivity (Wildman–Crippen MR) is 74.4 cm³/mol.